The number of aliphatic hydroxyl groups is 1. The number of methoxy groups -OCH3 is 2. The summed E-state index contributed by atoms with van der Waals surface area (Å²) < 4.78 is 9.07. The van der Waals surface area contributed by atoms with Gasteiger partial charge in [-0.3, -0.25) is 0 Å². The smallest absolute Gasteiger partial charge is 0.339 e. The van der Waals surface area contributed by atoms with Gasteiger partial charge in [-0.05, 0) is 6.07 Å². The zero-order chi connectivity index (χ0) is 13.9. The van der Waals surface area contributed by atoms with Gasteiger partial charge in [-0.15, -0.1) is 0 Å². The van der Waals surface area contributed by atoms with E-state index in [0.717, 1.165) is 19.2 Å². The van der Waals surface area contributed by atoms with E-state index in [2.05, 4.69) is 4.74 Å². The highest BCUT2D eigenvalue weighted by Gasteiger charge is 2.25. The van der Waals surface area contributed by atoms with E-state index in [1.165, 1.54) is 7.11 Å². The first-order chi connectivity index (χ1) is 8.42. The Morgan fingerprint density at radius 3 is 2.33 bits per heavy atom. The molecule has 7 heteroatoms. The van der Waals surface area contributed by atoms with Crippen LogP contribution in [-0.2, 0) is 9.53 Å². The van der Waals surface area contributed by atoms with Crippen LogP contribution in [0, 0.1) is 0 Å². The van der Waals surface area contributed by atoms with E-state index in [4.69, 9.17) is 9.84 Å². The van der Waals surface area contributed by atoms with E-state index < -0.39 is 23.8 Å². The second-order valence-electron chi connectivity index (χ2n) is 3.34. The molecule has 0 spiro atoms. The van der Waals surface area contributed by atoms with Crippen LogP contribution in [0.25, 0.3) is 0 Å². The summed E-state index contributed by atoms with van der Waals surface area (Å²) in [4.78, 5) is 22.1. The number of aliphatic hydroxyl groups excluding tert-OH is 1. The van der Waals surface area contributed by atoms with Gasteiger partial charge in [0, 0.05) is 11.6 Å². The summed E-state index contributed by atoms with van der Waals surface area (Å²) in [6.07, 6.45) is -1.76. The van der Waals surface area contributed by atoms with Gasteiger partial charge in [-0.25, -0.2) is 9.59 Å². The van der Waals surface area contributed by atoms with Crippen LogP contribution in [0.1, 0.15) is 22.0 Å². The first-order valence-electron chi connectivity index (χ1n) is 4.82. The number of carboxylic acid groups (broad SMARTS) is 1. The lowest BCUT2D eigenvalue weighted by Gasteiger charge is -2.13. The number of ether oxygens (including phenoxy) is 2. The Morgan fingerprint density at radius 1 is 1.28 bits per heavy atom. The van der Waals surface area contributed by atoms with Gasteiger partial charge in [0.2, 0.25) is 0 Å². The fourth-order valence-corrected chi connectivity index (χ4v) is 1.38. The number of aromatic hydroxyl groups is 1. The molecular formula is C11H12O7. The fraction of sp³-hybridized carbons (Fsp3) is 0.273. The minimum atomic E-state index is -1.76. The molecule has 0 aliphatic rings. The average molecular weight is 256 g/mol. The van der Waals surface area contributed by atoms with E-state index in [0.29, 0.717) is 0 Å². The minimum absolute atomic E-state index is 0.0826. The van der Waals surface area contributed by atoms with Gasteiger partial charge in [0.1, 0.15) is 17.1 Å². The number of carbonyl (C=O) groups excluding carboxylic acids is 1. The average Bonchev–Trinajstić information content (AvgIpc) is 2.36. The van der Waals surface area contributed by atoms with Gasteiger partial charge in [-0.1, -0.05) is 0 Å². The summed E-state index contributed by atoms with van der Waals surface area (Å²) in [5, 5.41) is 28.1. The number of benzene rings is 1. The molecule has 1 atom stereocenters. The fourth-order valence-electron chi connectivity index (χ4n) is 1.38. The van der Waals surface area contributed by atoms with E-state index in [1.807, 2.05) is 0 Å². The van der Waals surface area contributed by atoms with E-state index in [9.17, 15) is 19.8 Å². The first-order valence-corrected chi connectivity index (χ1v) is 4.82. The standard InChI is InChI=1S/C11H12O7/c1-17-8-4-7(12)5(3-6(8)10(14)15)9(13)11(16)18-2/h3-4,9,12-13H,1-2H3,(H,14,15). The lowest BCUT2D eigenvalue weighted by atomic mass is 10.0. The van der Waals surface area contributed by atoms with Crippen molar-refractivity contribution < 1.29 is 34.4 Å². The van der Waals surface area contributed by atoms with Crippen LogP contribution >= 0.6 is 0 Å². The number of phenolic OH excluding ortho intramolecular Hbond substituents is 1. The number of carboxylic acids is 1. The summed E-state index contributed by atoms with van der Waals surface area (Å²) in [6.45, 7) is 0. The van der Waals surface area contributed by atoms with Crippen LogP contribution in [-0.4, -0.2) is 41.5 Å². The Morgan fingerprint density at radius 2 is 1.89 bits per heavy atom. The summed E-state index contributed by atoms with van der Waals surface area (Å²) in [5.41, 5.74) is -0.548. The molecule has 0 heterocycles. The minimum Gasteiger partial charge on any atom is -0.507 e. The van der Waals surface area contributed by atoms with Crippen molar-refractivity contribution >= 4 is 11.9 Å². The van der Waals surface area contributed by atoms with Crippen molar-refractivity contribution in [2.75, 3.05) is 14.2 Å². The first kappa shape index (κ1) is 13.8. The number of phenols is 1. The zero-order valence-electron chi connectivity index (χ0n) is 9.71. The Balaban J connectivity index is 3.33. The number of hydrogen-bond donors (Lipinski definition) is 3. The maximum atomic E-state index is 11.1. The molecule has 98 valence electrons. The predicted molar refractivity (Wildman–Crippen MR) is 58.6 cm³/mol. The van der Waals surface area contributed by atoms with E-state index in [1.54, 1.807) is 0 Å². The highest BCUT2D eigenvalue weighted by molar-refractivity contribution is 5.92. The number of rotatable bonds is 4. The van der Waals surface area contributed by atoms with Gasteiger partial charge >= 0.3 is 11.9 Å². The molecule has 0 fully saturated rings. The molecule has 1 rings (SSSR count). The second kappa shape index (κ2) is 5.37. The normalized spacial score (nSPS) is 11.7. The van der Waals surface area contributed by atoms with Gasteiger partial charge in [0.05, 0.1) is 14.2 Å². The number of aromatic carboxylic acids is 1. The van der Waals surface area contributed by atoms with E-state index >= 15 is 0 Å². The summed E-state index contributed by atoms with van der Waals surface area (Å²) in [6, 6.07) is 1.96. The van der Waals surface area contributed by atoms with Crippen LogP contribution in [0.2, 0.25) is 0 Å². The molecule has 7 nitrogen and oxygen atoms in total. The molecule has 0 bridgehead atoms. The van der Waals surface area contributed by atoms with Gasteiger partial charge in [0.25, 0.3) is 0 Å². The molecular weight excluding hydrogens is 244 g/mol. The van der Waals surface area contributed by atoms with Crippen LogP contribution in [0.15, 0.2) is 12.1 Å². The highest BCUT2D eigenvalue weighted by atomic mass is 16.5. The van der Waals surface area contributed by atoms with Crippen molar-refractivity contribution in [1.82, 2.24) is 0 Å². The number of hydrogen-bond acceptors (Lipinski definition) is 6. The van der Waals surface area contributed by atoms with Gasteiger partial charge < -0.3 is 24.8 Å². The van der Waals surface area contributed by atoms with Crippen LogP contribution < -0.4 is 4.74 Å². The molecule has 18 heavy (non-hydrogen) atoms. The summed E-state index contributed by atoms with van der Waals surface area (Å²) in [5.74, 6) is -2.87. The summed E-state index contributed by atoms with van der Waals surface area (Å²) in [7, 11) is 2.29. The second-order valence-corrected chi connectivity index (χ2v) is 3.34. The Bertz CT molecular complexity index is 481. The lowest BCUT2D eigenvalue weighted by molar-refractivity contribution is -0.150. The maximum Gasteiger partial charge on any atom is 0.339 e. The van der Waals surface area contributed by atoms with Gasteiger partial charge in [-0.2, -0.15) is 0 Å². The highest BCUT2D eigenvalue weighted by Crippen LogP contribution is 2.32. The van der Waals surface area contributed by atoms with Crippen molar-refractivity contribution in [2.24, 2.45) is 0 Å². The maximum absolute atomic E-state index is 11.1. The van der Waals surface area contributed by atoms with Gasteiger partial charge in [0.15, 0.2) is 6.10 Å². The van der Waals surface area contributed by atoms with Crippen LogP contribution in [0.4, 0.5) is 0 Å². The SMILES string of the molecule is COC(=O)C(O)c1cc(C(=O)O)c(OC)cc1O. The van der Waals surface area contributed by atoms with Crippen LogP contribution in [0.3, 0.4) is 0 Å². The molecule has 0 aliphatic carbocycles. The van der Waals surface area contributed by atoms with Crippen LogP contribution in [0.5, 0.6) is 11.5 Å². The monoisotopic (exact) mass is 256 g/mol. The third-order valence-corrected chi connectivity index (χ3v) is 2.30. The molecule has 1 unspecified atom stereocenters. The molecule has 1 aromatic rings. The van der Waals surface area contributed by atoms with Crippen molar-refractivity contribution in [1.29, 1.82) is 0 Å². The molecule has 0 amide bonds. The molecule has 0 aliphatic heterocycles. The third-order valence-electron chi connectivity index (χ3n) is 2.30. The number of esters is 1. The molecule has 0 aromatic heterocycles. The Hall–Kier alpha value is -2.28. The topological polar surface area (TPSA) is 113 Å². The quantitative estimate of drug-likeness (QED) is 0.664. The summed E-state index contributed by atoms with van der Waals surface area (Å²) >= 11 is 0. The third kappa shape index (κ3) is 2.51. The van der Waals surface area contributed by atoms with Crippen molar-refractivity contribution in [3.8, 4) is 11.5 Å². The molecule has 0 saturated carbocycles. The predicted octanol–water partition coefficient (Wildman–Crippen LogP) is 0.305. The molecule has 0 radical (unpaired) electrons. The van der Waals surface area contributed by atoms with E-state index in [-0.39, 0.29) is 16.9 Å². The largest absolute Gasteiger partial charge is 0.507 e. The molecule has 3 N–H and O–H groups in total. The van der Waals surface area contributed by atoms with Crippen molar-refractivity contribution in [3.05, 3.63) is 23.3 Å². The zero-order valence-corrected chi connectivity index (χ0v) is 9.71. The Labute approximate surface area is 102 Å². The Kier molecular flexibility index (Phi) is 4.11. The van der Waals surface area contributed by atoms with Crippen molar-refractivity contribution in [2.45, 2.75) is 6.10 Å². The number of carbonyl (C=O) groups is 2. The van der Waals surface area contributed by atoms with Crippen molar-refractivity contribution in [3.63, 3.8) is 0 Å². The molecule has 0 saturated heterocycles. The lowest BCUT2D eigenvalue weighted by Crippen LogP contribution is -2.14. The molecule has 1 aromatic carbocycles.